The number of rotatable bonds is 7. The summed E-state index contributed by atoms with van der Waals surface area (Å²) in [6, 6.07) is 17.6. The molecule has 1 heterocycles. The van der Waals surface area contributed by atoms with Gasteiger partial charge in [-0.25, -0.2) is 0 Å². The van der Waals surface area contributed by atoms with Gasteiger partial charge in [0.15, 0.2) is 11.0 Å². The summed E-state index contributed by atoms with van der Waals surface area (Å²) in [6.07, 6.45) is 1.80. The van der Waals surface area contributed by atoms with Gasteiger partial charge in [0.1, 0.15) is 0 Å². The average Bonchev–Trinajstić information content (AvgIpc) is 3.07. The van der Waals surface area contributed by atoms with Gasteiger partial charge in [0.25, 0.3) is 0 Å². The molecule has 1 amide bonds. The first-order valence-electron chi connectivity index (χ1n) is 8.73. The van der Waals surface area contributed by atoms with Gasteiger partial charge >= 0.3 is 0 Å². The molecule has 0 aliphatic rings. The van der Waals surface area contributed by atoms with Gasteiger partial charge in [0.2, 0.25) is 5.91 Å². The Hall–Kier alpha value is -2.86. The lowest BCUT2D eigenvalue weighted by Crippen LogP contribution is -2.23. The SMILES string of the molecule is C=CCn1c(SC(C)C(=O)Nc2ccccc2C)nnc1-c1ccccc1. The van der Waals surface area contributed by atoms with E-state index in [0.717, 1.165) is 22.6 Å². The van der Waals surface area contributed by atoms with Gasteiger partial charge in [-0.1, -0.05) is 66.4 Å². The van der Waals surface area contributed by atoms with Crippen molar-refractivity contribution in [3.63, 3.8) is 0 Å². The molecule has 6 heteroatoms. The van der Waals surface area contributed by atoms with Crippen LogP contribution in [0.15, 0.2) is 72.4 Å². The Morgan fingerprint density at radius 3 is 2.59 bits per heavy atom. The number of para-hydroxylation sites is 1. The fourth-order valence-corrected chi connectivity index (χ4v) is 3.49. The average molecular weight is 379 g/mol. The van der Waals surface area contributed by atoms with Crippen molar-refractivity contribution in [2.45, 2.75) is 30.8 Å². The molecule has 5 nitrogen and oxygen atoms in total. The summed E-state index contributed by atoms with van der Waals surface area (Å²) in [5.41, 5.74) is 2.84. The lowest BCUT2D eigenvalue weighted by Gasteiger charge is -2.14. The zero-order valence-electron chi connectivity index (χ0n) is 15.4. The minimum atomic E-state index is -0.319. The Bertz CT molecular complexity index is 936. The molecule has 0 bridgehead atoms. The monoisotopic (exact) mass is 378 g/mol. The van der Waals surface area contributed by atoms with Crippen LogP contribution in [0, 0.1) is 6.92 Å². The molecule has 0 spiro atoms. The van der Waals surface area contributed by atoms with E-state index in [0.29, 0.717) is 11.7 Å². The maximum atomic E-state index is 12.6. The van der Waals surface area contributed by atoms with E-state index >= 15 is 0 Å². The molecular weight excluding hydrogens is 356 g/mol. The Morgan fingerprint density at radius 1 is 1.19 bits per heavy atom. The maximum absolute atomic E-state index is 12.6. The quantitative estimate of drug-likeness (QED) is 0.484. The third kappa shape index (κ3) is 4.46. The molecule has 1 unspecified atom stereocenters. The topological polar surface area (TPSA) is 59.8 Å². The van der Waals surface area contributed by atoms with Crippen LogP contribution in [0.3, 0.4) is 0 Å². The van der Waals surface area contributed by atoms with Crippen LogP contribution < -0.4 is 5.32 Å². The van der Waals surface area contributed by atoms with Crippen molar-refractivity contribution >= 4 is 23.4 Å². The van der Waals surface area contributed by atoms with Crippen LogP contribution in [0.25, 0.3) is 11.4 Å². The van der Waals surface area contributed by atoms with Gasteiger partial charge in [-0.05, 0) is 25.5 Å². The molecule has 1 N–H and O–H groups in total. The summed E-state index contributed by atoms with van der Waals surface area (Å²) in [5, 5.41) is 12.0. The van der Waals surface area contributed by atoms with E-state index in [9.17, 15) is 4.79 Å². The van der Waals surface area contributed by atoms with Crippen molar-refractivity contribution in [3.05, 3.63) is 72.8 Å². The normalized spacial score (nSPS) is 11.8. The van der Waals surface area contributed by atoms with Gasteiger partial charge < -0.3 is 5.32 Å². The van der Waals surface area contributed by atoms with Crippen LogP contribution in [-0.2, 0) is 11.3 Å². The van der Waals surface area contributed by atoms with E-state index < -0.39 is 0 Å². The fourth-order valence-electron chi connectivity index (χ4n) is 2.63. The Labute approximate surface area is 163 Å². The van der Waals surface area contributed by atoms with Gasteiger partial charge in [-0.3, -0.25) is 9.36 Å². The first-order valence-corrected chi connectivity index (χ1v) is 9.60. The summed E-state index contributed by atoms with van der Waals surface area (Å²) in [6.45, 7) is 8.24. The molecule has 27 heavy (non-hydrogen) atoms. The number of hydrogen-bond donors (Lipinski definition) is 1. The number of thioether (sulfide) groups is 1. The number of nitrogens with zero attached hydrogens (tertiary/aromatic N) is 3. The second-order valence-electron chi connectivity index (χ2n) is 6.14. The summed E-state index contributed by atoms with van der Waals surface area (Å²) in [7, 11) is 0. The first-order chi connectivity index (χ1) is 13.1. The predicted octanol–water partition coefficient (Wildman–Crippen LogP) is 4.56. The number of aromatic nitrogens is 3. The van der Waals surface area contributed by atoms with Crippen LogP contribution >= 0.6 is 11.8 Å². The summed E-state index contributed by atoms with van der Waals surface area (Å²) < 4.78 is 1.98. The highest BCUT2D eigenvalue weighted by Crippen LogP contribution is 2.27. The predicted molar refractivity (Wildman–Crippen MR) is 111 cm³/mol. The molecule has 1 atom stereocenters. The fraction of sp³-hybridized carbons (Fsp3) is 0.190. The lowest BCUT2D eigenvalue weighted by molar-refractivity contribution is -0.115. The first kappa shape index (κ1) is 18.9. The Balaban J connectivity index is 1.78. The van der Waals surface area contributed by atoms with E-state index in [2.05, 4.69) is 22.1 Å². The highest BCUT2D eigenvalue weighted by molar-refractivity contribution is 8.00. The number of amides is 1. The minimum absolute atomic E-state index is 0.0660. The van der Waals surface area contributed by atoms with E-state index in [-0.39, 0.29) is 11.2 Å². The van der Waals surface area contributed by atoms with Crippen molar-refractivity contribution in [1.29, 1.82) is 0 Å². The van der Waals surface area contributed by atoms with Crippen LogP contribution in [0.1, 0.15) is 12.5 Å². The van der Waals surface area contributed by atoms with Gasteiger partial charge in [-0.15, -0.1) is 16.8 Å². The lowest BCUT2D eigenvalue weighted by atomic mass is 10.2. The summed E-state index contributed by atoms with van der Waals surface area (Å²) >= 11 is 1.39. The number of carbonyl (C=O) groups is 1. The van der Waals surface area contributed by atoms with Crippen LogP contribution in [-0.4, -0.2) is 25.9 Å². The number of nitrogens with one attached hydrogen (secondary N) is 1. The second-order valence-corrected chi connectivity index (χ2v) is 7.44. The largest absolute Gasteiger partial charge is 0.325 e. The highest BCUT2D eigenvalue weighted by Gasteiger charge is 2.20. The Morgan fingerprint density at radius 2 is 1.89 bits per heavy atom. The number of hydrogen-bond acceptors (Lipinski definition) is 4. The zero-order chi connectivity index (χ0) is 19.2. The second kappa shape index (κ2) is 8.68. The van der Waals surface area contributed by atoms with Crippen LogP contribution in [0.5, 0.6) is 0 Å². The van der Waals surface area contributed by atoms with Crippen molar-refractivity contribution in [2.24, 2.45) is 0 Å². The van der Waals surface area contributed by atoms with Crippen molar-refractivity contribution in [3.8, 4) is 11.4 Å². The molecular formula is C21H22N4OS. The van der Waals surface area contributed by atoms with E-state index in [1.165, 1.54) is 11.8 Å². The molecule has 138 valence electrons. The molecule has 1 aromatic heterocycles. The smallest absolute Gasteiger partial charge is 0.237 e. The molecule has 2 aromatic carbocycles. The summed E-state index contributed by atoms with van der Waals surface area (Å²) in [5.74, 6) is 0.702. The third-order valence-electron chi connectivity index (χ3n) is 4.11. The molecule has 0 aliphatic heterocycles. The number of anilines is 1. The molecule has 0 saturated carbocycles. The summed E-state index contributed by atoms with van der Waals surface area (Å²) in [4.78, 5) is 12.6. The molecule has 3 rings (SSSR count). The minimum Gasteiger partial charge on any atom is -0.325 e. The van der Waals surface area contributed by atoms with E-state index in [1.807, 2.05) is 73.0 Å². The van der Waals surface area contributed by atoms with Crippen LogP contribution in [0.4, 0.5) is 5.69 Å². The maximum Gasteiger partial charge on any atom is 0.237 e. The molecule has 3 aromatic rings. The van der Waals surface area contributed by atoms with Gasteiger partial charge in [0, 0.05) is 17.8 Å². The van der Waals surface area contributed by atoms with Gasteiger partial charge in [0.05, 0.1) is 5.25 Å². The standard InChI is InChI=1S/C21H22N4OS/c1-4-14-25-19(17-11-6-5-7-12-17)23-24-21(25)27-16(3)20(26)22-18-13-9-8-10-15(18)2/h4-13,16H,1,14H2,2-3H3,(H,22,26). The zero-order valence-corrected chi connectivity index (χ0v) is 16.2. The third-order valence-corrected chi connectivity index (χ3v) is 5.20. The molecule has 0 saturated heterocycles. The number of aryl methyl sites for hydroxylation is 1. The van der Waals surface area contributed by atoms with Crippen LogP contribution in [0.2, 0.25) is 0 Å². The van der Waals surface area contributed by atoms with Crippen molar-refractivity contribution in [1.82, 2.24) is 14.8 Å². The Kier molecular flexibility index (Phi) is 6.08. The van der Waals surface area contributed by atoms with Gasteiger partial charge in [-0.2, -0.15) is 0 Å². The number of benzene rings is 2. The molecule has 0 radical (unpaired) electrons. The highest BCUT2D eigenvalue weighted by atomic mass is 32.2. The molecule has 0 fully saturated rings. The van der Waals surface area contributed by atoms with Crippen molar-refractivity contribution < 1.29 is 4.79 Å². The van der Waals surface area contributed by atoms with Crippen molar-refractivity contribution in [2.75, 3.05) is 5.32 Å². The molecule has 0 aliphatic carbocycles. The van der Waals surface area contributed by atoms with E-state index in [4.69, 9.17) is 0 Å². The number of carbonyl (C=O) groups excluding carboxylic acids is 1. The van der Waals surface area contributed by atoms with E-state index in [1.54, 1.807) is 6.08 Å². The number of allylic oxidation sites excluding steroid dienone is 1.